The lowest BCUT2D eigenvalue weighted by atomic mass is 10.1. The van der Waals surface area contributed by atoms with Gasteiger partial charge in [0.05, 0.1) is 16.8 Å². The zero-order chi connectivity index (χ0) is 20.3. The summed E-state index contributed by atoms with van der Waals surface area (Å²) in [6.07, 6.45) is 1.06. The molecule has 0 aromatic heterocycles. The van der Waals surface area contributed by atoms with Gasteiger partial charge in [-0.15, -0.1) is 0 Å². The minimum absolute atomic E-state index is 0.0123. The second-order valence-corrected chi connectivity index (χ2v) is 10.3. The van der Waals surface area contributed by atoms with Crippen LogP contribution in [0, 0.1) is 13.8 Å². The third-order valence-corrected chi connectivity index (χ3v) is 6.51. The molecule has 0 radical (unpaired) electrons. The molecule has 0 fully saturated rings. The van der Waals surface area contributed by atoms with Crippen molar-refractivity contribution in [3.63, 3.8) is 0 Å². The van der Waals surface area contributed by atoms with Gasteiger partial charge in [-0.3, -0.25) is 9.10 Å². The third-order valence-electron chi connectivity index (χ3n) is 3.71. The smallest absolute Gasteiger partial charge is 0.240 e. The van der Waals surface area contributed by atoms with Crippen LogP contribution in [0.5, 0.6) is 0 Å². The highest BCUT2D eigenvalue weighted by Crippen LogP contribution is 2.27. The largest absolute Gasteiger partial charge is 0.354 e. The van der Waals surface area contributed by atoms with E-state index in [1.807, 2.05) is 13.8 Å². The molecule has 1 amide bonds. The highest BCUT2D eigenvalue weighted by molar-refractivity contribution is 7.92. The molecule has 0 saturated carbocycles. The average Bonchev–Trinajstić information content (AvgIpc) is 2.44. The first-order chi connectivity index (χ1) is 11.8. The van der Waals surface area contributed by atoms with E-state index < -0.39 is 20.0 Å². The Kier molecular flexibility index (Phi) is 7.20. The van der Waals surface area contributed by atoms with Crippen LogP contribution >= 0.6 is 0 Å². The second kappa shape index (κ2) is 8.36. The van der Waals surface area contributed by atoms with E-state index in [0.717, 1.165) is 10.6 Å². The summed E-state index contributed by atoms with van der Waals surface area (Å²) in [5.41, 5.74) is 1.42. The molecule has 8 nitrogen and oxygen atoms in total. The number of hydrogen-bond donors (Lipinski definition) is 2. The monoisotopic (exact) mass is 405 g/mol. The first-order valence-electron chi connectivity index (χ1n) is 8.10. The van der Waals surface area contributed by atoms with E-state index in [2.05, 4.69) is 10.0 Å². The highest BCUT2D eigenvalue weighted by Gasteiger charge is 2.22. The molecule has 2 N–H and O–H groups in total. The molecular formula is C16H27N3O5S2. The molecule has 1 aromatic carbocycles. The van der Waals surface area contributed by atoms with Gasteiger partial charge < -0.3 is 5.32 Å². The van der Waals surface area contributed by atoms with Crippen LogP contribution in [-0.2, 0) is 24.8 Å². The Morgan fingerprint density at radius 3 is 2.19 bits per heavy atom. The van der Waals surface area contributed by atoms with Gasteiger partial charge in [-0.05, 0) is 44.9 Å². The maximum atomic E-state index is 12.6. The van der Waals surface area contributed by atoms with Crippen molar-refractivity contribution in [3.05, 3.63) is 23.3 Å². The minimum Gasteiger partial charge on any atom is -0.354 e. The van der Waals surface area contributed by atoms with Crippen LogP contribution < -0.4 is 14.3 Å². The van der Waals surface area contributed by atoms with Crippen molar-refractivity contribution in [2.75, 3.05) is 24.2 Å². The second-order valence-electron chi connectivity index (χ2n) is 6.50. The van der Waals surface area contributed by atoms with Gasteiger partial charge >= 0.3 is 0 Å². The van der Waals surface area contributed by atoms with Gasteiger partial charge in [0.15, 0.2) is 0 Å². The Labute approximate surface area is 156 Å². The molecule has 0 aliphatic heterocycles. The number of nitrogens with one attached hydrogen (secondary N) is 2. The van der Waals surface area contributed by atoms with Crippen molar-refractivity contribution in [1.82, 2.24) is 10.0 Å². The van der Waals surface area contributed by atoms with E-state index in [9.17, 15) is 21.6 Å². The number of rotatable bonds is 8. The molecule has 0 heterocycles. The average molecular weight is 406 g/mol. The van der Waals surface area contributed by atoms with Gasteiger partial charge in [-0.1, -0.05) is 6.07 Å². The SMILES string of the molecule is Cc1cc(C)c(S(=O)(=O)NCCC(=O)NC(C)C)cc1N(C)S(C)(=O)=O. The predicted molar refractivity (Wildman–Crippen MR) is 102 cm³/mol. The molecule has 0 aliphatic carbocycles. The van der Waals surface area contributed by atoms with Crippen LogP contribution in [0.25, 0.3) is 0 Å². The first-order valence-corrected chi connectivity index (χ1v) is 11.4. The standard InChI is InChI=1S/C16H27N3O5S2/c1-11(2)18-16(20)7-8-17-26(23,24)15-10-14(12(3)9-13(15)4)19(5)25(6,21)22/h9-11,17H,7-8H2,1-6H3,(H,18,20). The summed E-state index contributed by atoms with van der Waals surface area (Å²) in [7, 11) is -6.04. The Bertz CT molecular complexity index is 877. The van der Waals surface area contributed by atoms with Gasteiger partial charge in [0.1, 0.15) is 0 Å². The van der Waals surface area contributed by atoms with E-state index in [1.165, 1.54) is 13.1 Å². The lowest BCUT2D eigenvalue weighted by Crippen LogP contribution is -2.34. The van der Waals surface area contributed by atoms with Crippen molar-refractivity contribution in [1.29, 1.82) is 0 Å². The summed E-state index contributed by atoms with van der Waals surface area (Å²) < 4.78 is 52.2. The molecule has 0 saturated heterocycles. The van der Waals surface area contributed by atoms with Gasteiger partial charge in [0.25, 0.3) is 0 Å². The maximum Gasteiger partial charge on any atom is 0.240 e. The number of anilines is 1. The molecular weight excluding hydrogens is 378 g/mol. The number of amides is 1. The van der Waals surface area contributed by atoms with Crippen molar-refractivity contribution in [2.24, 2.45) is 0 Å². The molecule has 1 aromatic rings. The Morgan fingerprint density at radius 1 is 1.12 bits per heavy atom. The summed E-state index contributed by atoms with van der Waals surface area (Å²) >= 11 is 0. The topological polar surface area (TPSA) is 113 Å². The lowest BCUT2D eigenvalue weighted by Gasteiger charge is -2.21. The van der Waals surface area contributed by atoms with Crippen LogP contribution in [0.15, 0.2) is 17.0 Å². The normalized spacial score (nSPS) is 12.3. The number of benzene rings is 1. The van der Waals surface area contributed by atoms with E-state index in [4.69, 9.17) is 0 Å². The van der Waals surface area contributed by atoms with Gasteiger partial charge in [-0.25, -0.2) is 21.6 Å². The first kappa shape index (κ1) is 22.4. The van der Waals surface area contributed by atoms with Crippen LogP contribution in [0.4, 0.5) is 5.69 Å². The van der Waals surface area contributed by atoms with Crippen molar-refractivity contribution in [2.45, 2.75) is 45.1 Å². The third kappa shape index (κ3) is 5.96. The number of hydrogen-bond acceptors (Lipinski definition) is 5. The fourth-order valence-electron chi connectivity index (χ4n) is 2.40. The zero-order valence-electron chi connectivity index (χ0n) is 16.0. The Balaban J connectivity index is 3.08. The molecule has 0 spiro atoms. The van der Waals surface area contributed by atoms with Crippen LogP contribution in [0.3, 0.4) is 0 Å². The van der Waals surface area contributed by atoms with Crippen molar-refractivity contribution in [3.8, 4) is 0 Å². The number of sulfonamides is 2. The van der Waals surface area contributed by atoms with Crippen LogP contribution in [0.1, 0.15) is 31.4 Å². The molecule has 0 atom stereocenters. The molecule has 26 heavy (non-hydrogen) atoms. The van der Waals surface area contributed by atoms with E-state index >= 15 is 0 Å². The number of carbonyl (C=O) groups is 1. The zero-order valence-corrected chi connectivity index (χ0v) is 17.6. The fourth-order valence-corrected chi connectivity index (χ4v) is 4.23. The minimum atomic E-state index is -3.88. The van der Waals surface area contributed by atoms with Crippen LogP contribution in [-0.4, -0.2) is 48.6 Å². The summed E-state index contributed by atoms with van der Waals surface area (Å²) in [5.74, 6) is -0.249. The van der Waals surface area contributed by atoms with E-state index in [1.54, 1.807) is 19.9 Å². The van der Waals surface area contributed by atoms with E-state index in [-0.39, 0.29) is 35.5 Å². The van der Waals surface area contributed by atoms with Gasteiger partial charge in [0, 0.05) is 26.1 Å². The highest BCUT2D eigenvalue weighted by atomic mass is 32.2. The maximum absolute atomic E-state index is 12.6. The molecule has 0 bridgehead atoms. The summed E-state index contributed by atoms with van der Waals surface area (Å²) in [5, 5.41) is 2.68. The van der Waals surface area contributed by atoms with E-state index in [0.29, 0.717) is 11.1 Å². The molecule has 10 heteroatoms. The Hall–Kier alpha value is -1.65. The summed E-state index contributed by atoms with van der Waals surface area (Å²) in [6, 6.07) is 2.94. The van der Waals surface area contributed by atoms with Gasteiger partial charge in [-0.2, -0.15) is 0 Å². The van der Waals surface area contributed by atoms with Gasteiger partial charge in [0.2, 0.25) is 26.0 Å². The number of aryl methyl sites for hydroxylation is 2. The van der Waals surface area contributed by atoms with Crippen molar-refractivity contribution < 1.29 is 21.6 Å². The molecule has 0 aliphatic rings. The van der Waals surface area contributed by atoms with Crippen LogP contribution in [0.2, 0.25) is 0 Å². The molecule has 0 unspecified atom stereocenters. The predicted octanol–water partition coefficient (Wildman–Crippen LogP) is 0.892. The molecule has 1 rings (SSSR count). The van der Waals surface area contributed by atoms with Crippen molar-refractivity contribution >= 4 is 31.6 Å². The lowest BCUT2D eigenvalue weighted by molar-refractivity contribution is -0.121. The quantitative estimate of drug-likeness (QED) is 0.667. The number of nitrogens with zero attached hydrogens (tertiary/aromatic N) is 1. The Morgan fingerprint density at radius 2 is 1.69 bits per heavy atom. The molecule has 148 valence electrons. The summed E-state index contributed by atoms with van der Waals surface area (Å²) in [4.78, 5) is 11.6. The fraction of sp³-hybridized carbons (Fsp3) is 0.562. The summed E-state index contributed by atoms with van der Waals surface area (Å²) in [6.45, 7) is 6.93. The number of carbonyl (C=O) groups excluding carboxylic acids is 1.